The van der Waals surface area contributed by atoms with Crippen molar-refractivity contribution in [3.63, 3.8) is 0 Å². The van der Waals surface area contributed by atoms with Crippen molar-refractivity contribution in [1.29, 1.82) is 0 Å². The SMILES string of the molecule is COc1cc(Cl)nc(Oc2ccccc2)n1. The van der Waals surface area contributed by atoms with E-state index in [-0.39, 0.29) is 11.2 Å². The zero-order chi connectivity index (χ0) is 11.4. The Labute approximate surface area is 97.8 Å². The Morgan fingerprint density at radius 3 is 2.56 bits per heavy atom. The zero-order valence-corrected chi connectivity index (χ0v) is 9.31. The molecule has 1 aromatic carbocycles. The molecule has 0 radical (unpaired) electrons. The molecule has 0 saturated carbocycles. The molecule has 0 bridgehead atoms. The number of halogens is 1. The van der Waals surface area contributed by atoms with Gasteiger partial charge in [0.2, 0.25) is 5.88 Å². The van der Waals surface area contributed by atoms with Crippen molar-refractivity contribution in [1.82, 2.24) is 9.97 Å². The Morgan fingerprint density at radius 2 is 1.88 bits per heavy atom. The molecule has 0 N–H and O–H groups in total. The van der Waals surface area contributed by atoms with E-state index in [9.17, 15) is 0 Å². The number of ether oxygens (including phenoxy) is 2. The van der Waals surface area contributed by atoms with Gasteiger partial charge in [-0.1, -0.05) is 29.8 Å². The molecule has 0 spiro atoms. The highest BCUT2D eigenvalue weighted by Gasteiger charge is 2.05. The molecule has 0 unspecified atom stereocenters. The number of hydrogen-bond donors (Lipinski definition) is 0. The van der Waals surface area contributed by atoms with Crippen LogP contribution in [0.25, 0.3) is 0 Å². The Balaban J connectivity index is 2.24. The molecule has 0 aliphatic carbocycles. The number of para-hydroxylation sites is 1. The third-order valence-electron chi connectivity index (χ3n) is 1.81. The Kier molecular flexibility index (Phi) is 3.22. The van der Waals surface area contributed by atoms with Crippen LogP contribution in [0.5, 0.6) is 17.6 Å². The lowest BCUT2D eigenvalue weighted by Gasteiger charge is -2.05. The first kappa shape index (κ1) is 10.7. The summed E-state index contributed by atoms with van der Waals surface area (Å²) in [6.07, 6.45) is 0. The summed E-state index contributed by atoms with van der Waals surface area (Å²) in [6.45, 7) is 0. The lowest BCUT2D eigenvalue weighted by Crippen LogP contribution is -1.95. The standard InChI is InChI=1S/C11H9ClN2O2/c1-15-10-7-9(12)13-11(14-10)16-8-5-3-2-4-6-8/h2-7H,1H3. The van der Waals surface area contributed by atoms with Crippen LogP contribution >= 0.6 is 11.6 Å². The summed E-state index contributed by atoms with van der Waals surface area (Å²) in [5.41, 5.74) is 0. The fraction of sp³-hybridized carbons (Fsp3) is 0.0909. The maximum Gasteiger partial charge on any atom is 0.326 e. The maximum atomic E-state index is 5.78. The summed E-state index contributed by atoms with van der Waals surface area (Å²) in [7, 11) is 1.50. The minimum absolute atomic E-state index is 0.163. The van der Waals surface area contributed by atoms with Crippen molar-refractivity contribution in [3.05, 3.63) is 41.6 Å². The largest absolute Gasteiger partial charge is 0.481 e. The van der Waals surface area contributed by atoms with Crippen LogP contribution in [0.3, 0.4) is 0 Å². The van der Waals surface area contributed by atoms with Gasteiger partial charge in [0.1, 0.15) is 10.9 Å². The van der Waals surface area contributed by atoms with Gasteiger partial charge in [-0.25, -0.2) is 0 Å². The molecule has 16 heavy (non-hydrogen) atoms. The van der Waals surface area contributed by atoms with E-state index in [4.69, 9.17) is 21.1 Å². The highest BCUT2D eigenvalue weighted by molar-refractivity contribution is 6.29. The Morgan fingerprint density at radius 1 is 1.12 bits per heavy atom. The van der Waals surface area contributed by atoms with Gasteiger partial charge in [-0.3, -0.25) is 0 Å². The van der Waals surface area contributed by atoms with E-state index in [1.54, 1.807) is 12.1 Å². The highest BCUT2D eigenvalue weighted by atomic mass is 35.5. The molecule has 4 nitrogen and oxygen atoms in total. The van der Waals surface area contributed by atoms with E-state index in [0.29, 0.717) is 11.6 Å². The van der Waals surface area contributed by atoms with Crippen molar-refractivity contribution in [2.75, 3.05) is 7.11 Å². The summed E-state index contributed by atoms with van der Waals surface area (Å²) in [6, 6.07) is 10.9. The molecular formula is C11H9ClN2O2. The fourth-order valence-corrected chi connectivity index (χ4v) is 1.29. The summed E-state index contributed by atoms with van der Waals surface area (Å²) in [5, 5.41) is 0.276. The molecule has 1 aromatic heterocycles. The Bertz CT molecular complexity index is 477. The molecule has 0 aliphatic rings. The number of benzene rings is 1. The van der Waals surface area contributed by atoms with Crippen molar-refractivity contribution < 1.29 is 9.47 Å². The van der Waals surface area contributed by atoms with Gasteiger partial charge in [-0.15, -0.1) is 0 Å². The highest BCUT2D eigenvalue weighted by Crippen LogP contribution is 2.21. The Hall–Kier alpha value is -1.81. The minimum Gasteiger partial charge on any atom is -0.481 e. The van der Waals surface area contributed by atoms with Crippen LogP contribution < -0.4 is 9.47 Å². The first-order valence-corrected chi connectivity index (χ1v) is 4.97. The summed E-state index contributed by atoms with van der Waals surface area (Å²) in [4.78, 5) is 7.94. The third-order valence-corrected chi connectivity index (χ3v) is 2.01. The lowest BCUT2D eigenvalue weighted by atomic mass is 10.3. The average molecular weight is 237 g/mol. The fourth-order valence-electron chi connectivity index (χ4n) is 1.12. The molecule has 0 fully saturated rings. The second-order valence-corrected chi connectivity index (χ2v) is 3.32. The van der Waals surface area contributed by atoms with Gasteiger partial charge in [-0.2, -0.15) is 9.97 Å². The van der Waals surface area contributed by atoms with Crippen LogP contribution in [-0.2, 0) is 0 Å². The molecule has 1 heterocycles. The average Bonchev–Trinajstić information content (AvgIpc) is 2.29. The lowest BCUT2D eigenvalue weighted by molar-refractivity contribution is 0.376. The van der Waals surface area contributed by atoms with Crippen LogP contribution in [0.15, 0.2) is 36.4 Å². The maximum absolute atomic E-state index is 5.78. The monoisotopic (exact) mass is 236 g/mol. The summed E-state index contributed by atoms with van der Waals surface area (Å²) >= 11 is 5.78. The first-order chi connectivity index (χ1) is 7.78. The van der Waals surface area contributed by atoms with E-state index in [1.165, 1.54) is 13.2 Å². The van der Waals surface area contributed by atoms with E-state index in [1.807, 2.05) is 18.2 Å². The van der Waals surface area contributed by atoms with Crippen molar-refractivity contribution in [2.24, 2.45) is 0 Å². The van der Waals surface area contributed by atoms with Gasteiger partial charge in [0.25, 0.3) is 0 Å². The van der Waals surface area contributed by atoms with Crippen LogP contribution in [0.4, 0.5) is 0 Å². The number of hydrogen-bond acceptors (Lipinski definition) is 4. The second kappa shape index (κ2) is 4.81. The number of methoxy groups -OCH3 is 1. The number of rotatable bonds is 3. The summed E-state index contributed by atoms with van der Waals surface area (Å²) < 4.78 is 10.4. The van der Waals surface area contributed by atoms with E-state index in [2.05, 4.69) is 9.97 Å². The topological polar surface area (TPSA) is 44.2 Å². The van der Waals surface area contributed by atoms with Crippen molar-refractivity contribution >= 4 is 11.6 Å². The normalized spacial score (nSPS) is 9.88. The molecule has 0 atom stereocenters. The van der Waals surface area contributed by atoms with E-state index >= 15 is 0 Å². The first-order valence-electron chi connectivity index (χ1n) is 4.59. The number of aromatic nitrogens is 2. The second-order valence-electron chi connectivity index (χ2n) is 2.93. The predicted molar refractivity (Wildman–Crippen MR) is 60.1 cm³/mol. The van der Waals surface area contributed by atoms with Gasteiger partial charge < -0.3 is 9.47 Å². The van der Waals surface area contributed by atoms with Crippen LogP contribution in [-0.4, -0.2) is 17.1 Å². The molecular weight excluding hydrogens is 228 g/mol. The van der Waals surface area contributed by atoms with Gasteiger partial charge in [0, 0.05) is 6.07 Å². The van der Waals surface area contributed by atoms with Gasteiger partial charge in [0.15, 0.2) is 0 Å². The van der Waals surface area contributed by atoms with Crippen LogP contribution in [0.1, 0.15) is 0 Å². The van der Waals surface area contributed by atoms with Gasteiger partial charge in [0.05, 0.1) is 7.11 Å². The summed E-state index contributed by atoms with van der Waals surface area (Å²) in [5.74, 6) is 1.01. The van der Waals surface area contributed by atoms with Gasteiger partial charge in [-0.05, 0) is 12.1 Å². The zero-order valence-electron chi connectivity index (χ0n) is 8.55. The van der Waals surface area contributed by atoms with Gasteiger partial charge >= 0.3 is 6.01 Å². The van der Waals surface area contributed by atoms with Crippen molar-refractivity contribution in [2.45, 2.75) is 0 Å². The molecule has 5 heteroatoms. The smallest absolute Gasteiger partial charge is 0.326 e. The molecule has 2 aromatic rings. The molecule has 0 saturated heterocycles. The predicted octanol–water partition coefficient (Wildman–Crippen LogP) is 2.93. The van der Waals surface area contributed by atoms with Crippen LogP contribution in [0.2, 0.25) is 5.15 Å². The molecule has 2 rings (SSSR count). The quantitative estimate of drug-likeness (QED) is 0.769. The van der Waals surface area contributed by atoms with E-state index in [0.717, 1.165) is 0 Å². The minimum atomic E-state index is 0.163. The van der Waals surface area contributed by atoms with E-state index < -0.39 is 0 Å². The number of nitrogens with zero attached hydrogens (tertiary/aromatic N) is 2. The third kappa shape index (κ3) is 2.61. The van der Waals surface area contributed by atoms with Crippen molar-refractivity contribution in [3.8, 4) is 17.6 Å². The van der Waals surface area contributed by atoms with Crippen LogP contribution in [0, 0.1) is 0 Å². The molecule has 0 aliphatic heterocycles. The molecule has 82 valence electrons. The molecule has 0 amide bonds.